The number of aliphatic carboxylic acids is 2. The fraction of sp³-hybridized carbons (Fsp3) is 0.333. The third-order valence-electron chi connectivity index (χ3n) is 2.67. The van der Waals surface area contributed by atoms with Gasteiger partial charge in [0.25, 0.3) is 0 Å². The van der Waals surface area contributed by atoms with Gasteiger partial charge in [-0.3, -0.25) is 9.59 Å². The summed E-state index contributed by atoms with van der Waals surface area (Å²) >= 11 is 0. The van der Waals surface area contributed by atoms with Crippen molar-refractivity contribution in [2.45, 2.75) is 31.2 Å². The maximum atomic E-state index is 13.2. The lowest BCUT2D eigenvalue weighted by Crippen LogP contribution is -2.42. The number of hydrogen-bond acceptors (Lipinski definition) is 4. The number of carbonyl (C=O) groups is 2. The van der Waals surface area contributed by atoms with Gasteiger partial charge in [0.1, 0.15) is 11.9 Å². The summed E-state index contributed by atoms with van der Waals surface area (Å²) in [4.78, 5) is 21.2. The Morgan fingerprint density at radius 1 is 1.24 bits per heavy atom. The number of carboxylic acids is 2. The molecule has 7 nitrogen and oxygen atoms in total. The summed E-state index contributed by atoms with van der Waals surface area (Å²) in [5.41, 5.74) is 0.193. The van der Waals surface area contributed by atoms with E-state index in [4.69, 9.17) is 10.2 Å². The summed E-state index contributed by atoms with van der Waals surface area (Å²) in [6.07, 6.45) is -0.909. The van der Waals surface area contributed by atoms with Crippen molar-refractivity contribution in [2.24, 2.45) is 0 Å². The van der Waals surface area contributed by atoms with Crippen molar-refractivity contribution in [3.8, 4) is 0 Å². The highest BCUT2D eigenvalue weighted by atomic mass is 32.2. The van der Waals surface area contributed by atoms with E-state index >= 15 is 0 Å². The highest BCUT2D eigenvalue weighted by Crippen LogP contribution is 2.21. The first kappa shape index (κ1) is 17.1. The predicted molar refractivity (Wildman–Crippen MR) is 69.9 cm³/mol. The second-order valence-corrected chi connectivity index (χ2v) is 6.13. The number of hydrogen-bond donors (Lipinski definition) is 3. The highest BCUT2D eigenvalue weighted by Gasteiger charge is 2.29. The van der Waals surface area contributed by atoms with Gasteiger partial charge in [0.2, 0.25) is 10.0 Å². The number of nitrogens with one attached hydrogen (secondary N) is 1. The van der Waals surface area contributed by atoms with Gasteiger partial charge in [-0.2, -0.15) is 4.72 Å². The van der Waals surface area contributed by atoms with Crippen LogP contribution in [0, 0.1) is 19.7 Å². The minimum Gasteiger partial charge on any atom is -0.481 e. The van der Waals surface area contributed by atoms with Crippen molar-refractivity contribution in [3.63, 3.8) is 0 Å². The minimum absolute atomic E-state index is 0.0967. The average Bonchev–Trinajstić information content (AvgIpc) is 2.24. The molecule has 1 aromatic carbocycles. The zero-order valence-corrected chi connectivity index (χ0v) is 12.1. The van der Waals surface area contributed by atoms with Gasteiger partial charge < -0.3 is 10.2 Å². The molecule has 1 atom stereocenters. The Morgan fingerprint density at radius 3 is 2.10 bits per heavy atom. The van der Waals surface area contributed by atoms with Gasteiger partial charge in [0.05, 0.1) is 11.3 Å². The molecule has 116 valence electrons. The molecule has 0 aliphatic rings. The van der Waals surface area contributed by atoms with Crippen LogP contribution < -0.4 is 4.72 Å². The van der Waals surface area contributed by atoms with Crippen molar-refractivity contribution in [1.29, 1.82) is 0 Å². The van der Waals surface area contributed by atoms with Crippen LogP contribution >= 0.6 is 0 Å². The molecular weight excluding hydrogens is 305 g/mol. The van der Waals surface area contributed by atoms with E-state index < -0.39 is 40.2 Å². The van der Waals surface area contributed by atoms with Gasteiger partial charge >= 0.3 is 11.9 Å². The fourth-order valence-electron chi connectivity index (χ4n) is 1.92. The molecule has 0 heterocycles. The monoisotopic (exact) mass is 319 g/mol. The molecule has 0 amide bonds. The van der Waals surface area contributed by atoms with Crippen LogP contribution in [0.5, 0.6) is 0 Å². The lowest BCUT2D eigenvalue weighted by Gasteiger charge is -2.16. The van der Waals surface area contributed by atoms with Crippen LogP contribution in [-0.2, 0) is 19.6 Å². The van der Waals surface area contributed by atoms with Crippen molar-refractivity contribution < 1.29 is 32.6 Å². The van der Waals surface area contributed by atoms with E-state index in [0.29, 0.717) is 0 Å². The topological polar surface area (TPSA) is 121 Å². The maximum Gasteiger partial charge on any atom is 0.322 e. The maximum absolute atomic E-state index is 13.2. The van der Waals surface area contributed by atoms with Gasteiger partial charge in [0.15, 0.2) is 0 Å². The Labute approximate surface area is 120 Å². The Kier molecular flexibility index (Phi) is 5.02. The van der Waals surface area contributed by atoms with Crippen LogP contribution in [0.15, 0.2) is 17.0 Å². The van der Waals surface area contributed by atoms with Crippen molar-refractivity contribution in [2.75, 3.05) is 0 Å². The molecule has 0 aromatic heterocycles. The van der Waals surface area contributed by atoms with E-state index in [9.17, 15) is 22.4 Å². The zero-order valence-electron chi connectivity index (χ0n) is 11.3. The van der Waals surface area contributed by atoms with E-state index in [1.165, 1.54) is 13.8 Å². The molecule has 0 saturated heterocycles. The van der Waals surface area contributed by atoms with Crippen molar-refractivity contribution in [1.82, 2.24) is 4.72 Å². The second kappa shape index (κ2) is 6.19. The summed E-state index contributed by atoms with van der Waals surface area (Å²) < 4.78 is 39.4. The third-order valence-corrected chi connectivity index (χ3v) is 4.44. The molecule has 0 aliphatic heterocycles. The number of carboxylic acid groups (broad SMARTS) is 2. The minimum atomic E-state index is -4.29. The number of benzene rings is 1. The Bertz CT molecular complexity index is 662. The zero-order chi connectivity index (χ0) is 16.4. The first-order valence-corrected chi connectivity index (χ1v) is 7.26. The molecule has 0 fully saturated rings. The first-order valence-electron chi connectivity index (χ1n) is 5.78. The lowest BCUT2D eigenvalue weighted by atomic mass is 10.1. The predicted octanol–water partition coefficient (Wildman–Crippen LogP) is 0.649. The molecule has 1 aromatic rings. The highest BCUT2D eigenvalue weighted by molar-refractivity contribution is 7.89. The smallest absolute Gasteiger partial charge is 0.322 e. The molecule has 0 aliphatic carbocycles. The summed E-state index contributed by atoms with van der Waals surface area (Å²) in [6.45, 7) is 2.72. The standard InChI is InChI=1S/C12H14FNO6S/c1-6-3-8(13)4-7(2)11(6)21(19,20)14-9(12(17)18)5-10(15)16/h3-4,9,14H,5H2,1-2H3,(H,15,16)(H,17,18). The molecule has 21 heavy (non-hydrogen) atoms. The molecule has 9 heteroatoms. The summed E-state index contributed by atoms with van der Waals surface area (Å²) in [7, 11) is -4.29. The van der Waals surface area contributed by atoms with Crippen LogP contribution in [0.2, 0.25) is 0 Å². The Balaban J connectivity index is 3.23. The SMILES string of the molecule is Cc1cc(F)cc(C)c1S(=O)(=O)NC(CC(=O)O)C(=O)O. The number of halogens is 1. The molecule has 3 N–H and O–H groups in total. The van der Waals surface area contributed by atoms with Crippen LogP contribution in [-0.4, -0.2) is 36.6 Å². The van der Waals surface area contributed by atoms with E-state index in [-0.39, 0.29) is 16.0 Å². The van der Waals surface area contributed by atoms with Crippen LogP contribution in [0.4, 0.5) is 4.39 Å². The van der Waals surface area contributed by atoms with Crippen LogP contribution in [0.3, 0.4) is 0 Å². The lowest BCUT2D eigenvalue weighted by molar-refractivity contribution is -0.145. The average molecular weight is 319 g/mol. The molecule has 0 radical (unpaired) electrons. The normalized spacial score (nSPS) is 12.9. The van der Waals surface area contributed by atoms with Crippen molar-refractivity contribution in [3.05, 3.63) is 29.1 Å². The quantitative estimate of drug-likeness (QED) is 0.708. The largest absolute Gasteiger partial charge is 0.481 e. The molecule has 1 rings (SSSR count). The number of aryl methyl sites for hydroxylation is 2. The molecular formula is C12H14FNO6S. The van der Waals surface area contributed by atoms with Gasteiger partial charge in [-0.05, 0) is 37.1 Å². The van der Waals surface area contributed by atoms with Crippen LogP contribution in [0.1, 0.15) is 17.5 Å². The van der Waals surface area contributed by atoms with Gasteiger partial charge in [-0.1, -0.05) is 0 Å². The van der Waals surface area contributed by atoms with E-state index in [1.54, 1.807) is 0 Å². The molecule has 0 saturated carbocycles. The van der Waals surface area contributed by atoms with Gasteiger partial charge in [-0.25, -0.2) is 12.8 Å². The third kappa shape index (κ3) is 4.23. The molecule has 0 spiro atoms. The van der Waals surface area contributed by atoms with Gasteiger partial charge in [0, 0.05) is 0 Å². The van der Waals surface area contributed by atoms with Crippen molar-refractivity contribution >= 4 is 22.0 Å². The summed E-state index contributed by atoms with van der Waals surface area (Å²) in [5.74, 6) is -3.69. The molecule has 1 unspecified atom stereocenters. The number of sulfonamides is 1. The van der Waals surface area contributed by atoms with E-state index in [0.717, 1.165) is 12.1 Å². The summed E-state index contributed by atoms with van der Waals surface area (Å²) in [5, 5.41) is 17.5. The van der Waals surface area contributed by atoms with E-state index in [1.807, 2.05) is 4.72 Å². The fourth-order valence-corrected chi connectivity index (χ4v) is 3.56. The molecule has 0 bridgehead atoms. The van der Waals surface area contributed by atoms with Gasteiger partial charge in [-0.15, -0.1) is 0 Å². The first-order chi connectivity index (χ1) is 9.54. The van der Waals surface area contributed by atoms with E-state index in [2.05, 4.69) is 0 Å². The number of rotatable bonds is 6. The Hall–Kier alpha value is -2.00. The van der Waals surface area contributed by atoms with Crippen LogP contribution in [0.25, 0.3) is 0 Å². The second-order valence-electron chi connectivity index (χ2n) is 4.48. The summed E-state index contributed by atoms with van der Waals surface area (Å²) in [6, 6.07) is 0.180. The Morgan fingerprint density at radius 2 is 1.71 bits per heavy atom.